The van der Waals surface area contributed by atoms with Gasteiger partial charge in [0.1, 0.15) is 0 Å². The molecule has 2 heteroatoms. The summed E-state index contributed by atoms with van der Waals surface area (Å²) >= 11 is -3.24. The topological polar surface area (TPSA) is 9.23 Å². The van der Waals surface area contributed by atoms with Crippen LogP contribution < -0.4 is 14.4 Å². The molecule has 0 radical (unpaired) electrons. The fourth-order valence-electron chi connectivity index (χ4n) is 3.63. The Morgan fingerprint density at radius 3 is 1.46 bits per heavy atom. The van der Waals surface area contributed by atoms with Crippen molar-refractivity contribution < 1.29 is 4.74 Å². The summed E-state index contributed by atoms with van der Waals surface area (Å²) < 4.78 is 11.1. The Morgan fingerprint density at radius 2 is 1.04 bits per heavy atom. The zero-order valence-corrected chi connectivity index (χ0v) is 19.2. The van der Waals surface area contributed by atoms with Gasteiger partial charge in [-0.3, -0.25) is 0 Å². The van der Waals surface area contributed by atoms with Gasteiger partial charge in [0.25, 0.3) is 0 Å². The van der Waals surface area contributed by atoms with Gasteiger partial charge < -0.3 is 0 Å². The molecule has 0 atom stereocenters. The first kappa shape index (κ1) is 18.9. The standard InChI is InChI=1S/C8H9O.3C6H5.Po/c1-7-4-3-5-8(6-7)9-2;3*1-2-4-6-5-3-1;/h3-6H,1H2,2H3;3*1-5H;. The molecule has 0 spiro atoms. The Bertz CT molecular complexity index is 917. The fraction of sp³-hybridized carbons (Fsp3) is 0.0769. The molecule has 4 aromatic carbocycles. The van der Waals surface area contributed by atoms with Gasteiger partial charge in [-0.15, -0.1) is 0 Å². The van der Waals surface area contributed by atoms with E-state index >= 15 is 0 Å². The summed E-state index contributed by atoms with van der Waals surface area (Å²) in [6.07, 6.45) is 0. The van der Waals surface area contributed by atoms with Gasteiger partial charge >= 0.3 is 173 Å². The number of benzene rings is 4. The zero-order valence-electron chi connectivity index (χ0n) is 16.0. The predicted molar refractivity (Wildman–Crippen MR) is 121 cm³/mol. The van der Waals surface area contributed by atoms with Crippen LogP contribution in [0.1, 0.15) is 5.56 Å². The van der Waals surface area contributed by atoms with Crippen molar-refractivity contribution >= 4 is 30.2 Å². The molecule has 140 valence electrons. The monoisotopic (exact) mass is 561 g/mol. The van der Waals surface area contributed by atoms with Crippen LogP contribution in [0.5, 0.6) is 5.75 Å². The molecular formula is C26H24OPo. The quantitative estimate of drug-likeness (QED) is 0.347. The number of ether oxygens (including phenoxy) is 1. The van der Waals surface area contributed by atoms with E-state index in [9.17, 15) is 0 Å². The van der Waals surface area contributed by atoms with Gasteiger partial charge in [-0.2, -0.15) is 0 Å². The van der Waals surface area contributed by atoms with Gasteiger partial charge in [-0.05, 0) is 0 Å². The average Bonchev–Trinajstić information content (AvgIpc) is 2.79. The van der Waals surface area contributed by atoms with Crippen molar-refractivity contribution in [3.05, 3.63) is 121 Å². The van der Waals surface area contributed by atoms with Crippen LogP contribution in [0.15, 0.2) is 115 Å². The second kappa shape index (κ2) is 8.72. The first-order valence-electron chi connectivity index (χ1n) is 9.42. The molecule has 4 rings (SSSR count). The third-order valence-electron chi connectivity index (χ3n) is 4.95. The van der Waals surface area contributed by atoms with Crippen molar-refractivity contribution in [1.29, 1.82) is 0 Å². The van der Waals surface area contributed by atoms with E-state index in [0.29, 0.717) is 0 Å². The van der Waals surface area contributed by atoms with Gasteiger partial charge in [0.2, 0.25) is 0 Å². The molecule has 0 aliphatic rings. The van der Waals surface area contributed by atoms with Crippen molar-refractivity contribution in [2.45, 2.75) is 4.08 Å². The van der Waals surface area contributed by atoms with Crippen LogP contribution in [-0.2, 0) is 4.08 Å². The van der Waals surface area contributed by atoms with Crippen LogP contribution in [-0.4, -0.2) is 27.7 Å². The van der Waals surface area contributed by atoms with Crippen LogP contribution in [0.2, 0.25) is 0 Å². The van der Waals surface area contributed by atoms with Crippen molar-refractivity contribution in [2.75, 3.05) is 7.11 Å². The van der Waals surface area contributed by atoms with Gasteiger partial charge in [-0.25, -0.2) is 0 Å². The molecule has 0 aliphatic heterocycles. The molecule has 0 amide bonds. The number of methoxy groups -OCH3 is 1. The first-order valence-corrected chi connectivity index (χ1v) is 16.4. The Labute approximate surface area is 172 Å². The van der Waals surface area contributed by atoms with Crippen molar-refractivity contribution in [2.24, 2.45) is 0 Å². The number of hydrogen-bond donors (Lipinski definition) is 0. The predicted octanol–water partition coefficient (Wildman–Crippen LogP) is 3.95. The molecule has 28 heavy (non-hydrogen) atoms. The van der Waals surface area contributed by atoms with Gasteiger partial charge in [0.05, 0.1) is 0 Å². The van der Waals surface area contributed by atoms with Crippen LogP contribution in [0.25, 0.3) is 0 Å². The van der Waals surface area contributed by atoms with Gasteiger partial charge in [0.15, 0.2) is 0 Å². The summed E-state index contributed by atoms with van der Waals surface area (Å²) in [5.74, 6) is 0.923. The maximum atomic E-state index is 5.51. The summed E-state index contributed by atoms with van der Waals surface area (Å²) in [6, 6.07) is 41.9. The minimum atomic E-state index is -3.24. The molecule has 0 bridgehead atoms. The molecule has 0 N–H and O–H groups in total. The average molecular weight is 561 g/mol. The van der Waals surface area contributed by atoms with E-state index in [1.807, 2.05) is 6.07 Å². The Balaban J connectivity index is 1.98. The van der Waals surface area contributed by atoms with E-state index in [0.717, 1.165) is 9.83 Å². The van der Waals surface area contributed by atoms with Gasteiger partial charge in [-0.1, -0.05) is 0 Å². The summed E-state index contributed by atoms with van der Waals surface area (Å²) in [7, 11) is 1.74. The summed E-state index contributed by atoms with van der Waals surface area (Å²) in [5.41, 5.74) is 1.34. The van der Waals surface area contributed by atoms with E-state index < -0.39 is 20.6 Å². The van der Waals surface area contributed by atoms with Crippen LogP contribution in [0.3, 0.4) is 0 Å². The zero-order chi connectivity index (χ0) is 19.2. The first-order chi connectivity index (χ1) is 13.8. The van der Waals surface area contributed by atoms with Crippen LogP contribution in [0.4, 0.5) is 0 Å². The van der Waals surface area contributed by atoms with E-state index in [-0.39, 0.29) is 0 Å². The maximum absolute atomic E-state index is 5.51. The summed E-state index contributed by atoms with van der Waals surface area (Å²) in [5, 5.41) is 0. The van der Waals surface area contributed by atoms with Crippen molar-refractivity contribution in [3.8, 4) is 5.75 Å². The molecule has 0 heterocycles. The molecule has 0 aliphatic carbocycles. The molecule has 0 aromatic heterocycles. The van der Waals surface area contributed by atoms with E-state index in [4.69, 9.17) is 4.74 Å². The molecule has 0 saturated heterocycles. The summed E-state index contributed by atoms with van der Waals surface area (Å²) in [6.45, 7) is 0. The van der Waals surface area contributed by atoms with Crippen LogP contribution in [0, 0.1) is 0 Å². The van der Waals surface area contributed by atoms with Gasteiger partial charge in [0, 0.05) is 0 Å². The molecule has 0 saturated carbocycles. The van der Waals surface area contributed by atoms with Crippen molar-refractivity contribution in [1.82, 2.24) is 0 Å². The fourth-order valence-corrected chi connectivity index (χ4v) is 18.6. The second-order valence-corrected chi connectivity index (χ2v) is 19.0. The Kier molecular flexibility index (Phi) is 5.89. The molecule has 0 fully saturated rings. The Hall–Kier alpha value is -2.42. The van der Waals surface area contributed by atoms with E-state index in [1.165, 1.54) is 15.2 Å². The second-order valence-electron chi connectivity index (χ2n) is 6.67. The number of hydrogen-bond acceptors (Lipinski definition) is 1. The Morgan fingerprint density at radius 1 is 0.571 bits per heavy atom. The molecule has 0 unspecified atom stereocenters. The third kappa shape index (κ3) is 3.75. The van der Waals surface area contributed by atoms with E-state index in [2.05, 4.69) is 109 Å². The SMILES string of the molecule is COc1cccc([CH2][Po]([c]2ccccc2)([c]2ccccc2)[c]2ccccc2)c1. The van der Waals surface area contributed by atoms with Crippen molar-refractivity contribution in [3.63, 3.8) is 0 Å². The molecule has 1 nitrogen and oxygen atoms in total. The number of rotatable bonds is 6. The van der Waals surface area contributed by atoms with E-state index in [1.54, 1.807) is 7.11 Å². The molecular weight excluding hydrogens is 537 g/mol. The summed E-state index contributed by atoms with van der Waals surface area (Å²) in [4.78, 5) is 0. The molecule has 4 aromatic rings. The third-order valence-corrected chi connectivity index (χ3v) is 20.5. The normalized spacial score (nSPS) is 11.8. The minimum absolute atomic E-state index is 0.923. The van der Waals surface area contributed by atoms with Crippen LogP contribution >= 0.6 is 0 Å².